The van der Waals surface area contributed by atoms with Gasteiger partial charge in [0, 0.05) is 36.4 Å². The Hall–Kier alpha value is -2.56. The Labute approximate surface area is 110 Å². The van der Waals surface area contributed by atoms with Crippen LogP contribution in [0.15, 0.2) is 43.0 Å². The van der Waals surface area contributed by atoms with Crippen molar-refractivity contribution in [1.29, 1.82) is 0 Å². The average Bonchev–Trinajstić information content (AvgIpc) is 3.08. The van der Waals surface area contributed by atoms with Crippen molar-refractivity contribution in [3.05, 3.63) is 54.2 Å². The van der Waals surface area contributed by atoms with E-state index in [0.717, 1.165) is 23.0 Å². The molecule has 0 unspecified atom stereocenters. The zero-order valence-electron chi connectivity index (χ0n) is 10.3. The number of H-pyrrole nitrogens is 2. The molecule has 0 spiro atoms. The second-order valence-corrected chi connectivity index (χ2v) is 4.33. The summed E-state index contributed by atoms with van der Waals surface area (Å²) in [6, 6.07) is 7.65. The molecule has 5 heteroatoms. The fourth-order valence-electron chi connectivity index (χ4n) is 2.10. The largest absolute Gasteiger partial charge is 0.361 e. The van der Waals surface area contributed by atoms with Crippen LogP contribution in [-0.2, 0) is 6.42 Å². The van der Waals surface area contributed by atoms with E-state index in [1.54, 1.807) is 12.5 Å². The lowest BCUT2D eigenvalue weighted by Crippen LogP contribution is -2.26. The maximum atomic E-state index is 12.1. The number of benzene rings is 1. The molecule has 0 radical (unpaired) electrons. The van der Waals surface area contributed by atoms with Gasteiger partial charge in [0.1, 0.15) is 0 Å². The zero-order chi connectivity index (χ0) is 13.1. The predicted molar refractivity (Wildman–Crippen MR) is 72.9 cm³/mol. The van der Waals surface area contributed by atoms with E-state index in [2.05, 4.69) is 20.3 Å². The number of nitrogens with zero attached hydrogens (tertiary/aromatic N) is 1. The highest BCUT2D eigenvalue weighted by Crippen LogP contribution is 2.16. The number of hydrogen-bond donors (Lipinski definition) is 3. The number of fused-ring (bicyclic) bond motifs is 1. The van der Waals surface area contributed by atoms with Crippen molar-refractivity contribution in [2.24, 2.45) is 0 Å². The fourth-order valence-corrected chi connectivity index (χ4v) is 2.10. The van der Waals surface area contributed by atoms with E-state index in [4.69, 9.17) is 0 Å². The number of hydrogen-bond acceptors (Lipinski definition) is 2. The quantitative estimate of drug-likeness (QED) is 0.665. The molecular weight excluding hydrogens is 240 g/mol. The molecule has 2 aromatic heterocycles. The van der Waals surface area contributed by atoms with E-state index < -0.39 is 0 Å². The number of carbonyl (C=O) groups is 1. The molecule has 3 N–H and O–H groups in total. The molecule has 0 aliphatic carbocycles. The molecule has 1 aromatic carbocycles. The van der Waals surface area contributed by atoms with Gasteiger partial charge in [-0.05, 0) is 12.1 Å². The summed E-state index contributed by atoms with van der Waals surface area (Å²) in [6.07, 6.45) is 5.98. The monoisotopic (exact) mass is 254 g/mol. The minimum Gasteiger partial charge on any atom is -0.361 e. The van der Waals surface area contributed by atoms with Gasteiger partial charge in [-0.3, -0.25) is 4.79 Å². The standard InChI is InChI=1S/C14H14N4O/c19-14(17-7-5-11-8-15-9-18-11)12-3-1-2-10-4-6-16-13(10)12/h1-4,6,8-9,16H,5,7H2,(H,15,18)(H,17,19). The summed E-state index contributed by atoms with van der Waals surface area (Å²) in [7, 11) is 0. The molecule has 5 nitrogen and oxygen atoms in total. The topological polar surface area (TPSA) is 73.6 Å². The van der Waals surface area contributed by atoms with Crippen LogP contribution in [0.1, 0.15) is 16.1 Å². The molecule has 0 saturated carbocycles. The maximum Gasteiger partial charge on any atom is 0.253 e. The Morgan fingerprint density at radius 2 is 2.21 bits per heavy atom. The summed E-state index contributed by atoms with van der Waals surface area (Å²) < 4.78 is 0. The van der Waals surface area contributed by atoms with Gasteiger partial charge in [-0.15, -0.1) is 0 Å². The van der Waals surface area contributed by atoms with Crippen molar-refractivity contribution in [2.75, 3.05) is 6.54 Å². The predicted octanol–water partition coefficient (Wildman–Crippen LogP) is 1.86. The first-order valence-electron chi connectivity index (χ1n) is 6.16. The number of aromatic amines is 2. The van der Waals surface area contributed by atoms with Crippen LogP contribution in [0, 0.1) is 0 Å². The lowest BCUT2D eigenvalue weighted by Gasteiger charge is -2.05. The third-order valence-corrected chi connectivity index (χ3v) is 3.07. The van der Waals surface area contributed by atoms with E-state index in [0.29, 0.717) is 12.1 Å². The number of aromatic nitrogens is 3. The normalized spacial score (nSPS) is 10.7. The molecule has 0 aliphatic rings. The second-order valence-electron chi connectivity index (χ2n) is 4.33. The van der Waals surface area contributed by atoms with Gasteiger partial charge in [-0.25, -0.2) is 4.98 Å². The first-order valence-corrected chi connectivity index (χ1v) is 6.16. The smallest absolute Gasteiger partial charge is 0.253 e. The molecule has 0 aliphatic heterocycles. The van der Waals surface area contributed by atoms with E-state index in [-0.39, 0.29) is 5.91 Å². The van der Waals surface area contributed by atoms with Crippen molar-refractivity contribution in [3.63, 3.8) is 0 Å². The molecule has 3 aromatic rings. The van der Waals surface area contributed by atoms with Gasteiger partial charge in [-0.2, -0.15) is 0 Å². The number of nitrogens with one attached hydrogen (secondary N) is 3. The molecular formula is C14H14N4O. The lowest BCUT2D eigenvalue weighted by molar-refractivity contribution is 0.0955. The van der Waals surface area contributed by atoms with Crippen LogP contribution >= 0.6 is 0 Å². The molecule has 0 fully saturated rings. The first-order chi connectivity index (χ1) is 9.34. The molecule has 0 saturated heterocycles. The van der Waals surface area contributed by atoms with Crippen LogP contribution in [0.25, 0.3) is 10.9 Å². The summed E-state index contributed by atoms with van der Waals surface area (Å²) >= 11 is 0. The van der Waals surface area contributed by atoms with E-state index in [9.17, 15) is 4.79 Å². The number of imidazole rings is 1. The number of amides is 1. The Morgan fingerprint density at radius 3 is 3.05 bits per heavy atom. The zero-order valence-corrected chi connectivity index (χ0v) is 10.3. The molecule has 96 valence electrons. The number of rotatable bonds is 4. The minimum absolute atomic E-state index is 0.0624. The average molecular weight is 254 g/mol. The Morgan fingerprint density at radius 1 is 1.26 bits per heavy atom. The van der Waals surface area contributed by atoms with Crippen molar-refractivity contribution < 1.29 is 4.79 Å². The van der Waals surface area contributed by atoms with Crippen molar-refractivity contribution in [1.82, 2.24) is 20.3 Å². The summed E-state index contributed by atoms with van der Waals surface area (Å²) in [6.45, 7) is 0.581. The lowest BCUT2D eigenvalue weighted by atomic mass is 10.1. The van der Waals surface area contributed by atoms with Crippen molar-refractivity contribution in [3.8, 4) is 0 Å². The fraction of sp³-hybridized carbons (Fsp3) is 0.143. The van der Waals surface area contributed by atoms with Gasteiger partial charge in [0.15, 0.2) is 0 Å². The Bertz CT molecular complexity index is 684. The molecule has 1 amide bonds. The minimum atomic E-state index is -0.0624. The van der Waals surface area contributed by atoms with Gasteiger partial charge in [0.2, 0.25) is 0 Å². The number of para-hydroxylation sites is 1. The Kier molecular flexibility index (Phi) is 3.02. The van der Waals surface area contributed by atoms with E-state index in [1.165, 1.54) is 0 Å². The molecule has 0 atom stereocenters. The van der Waals surface area contributed by atoms with Crippen molar-refractivity contribution in [2.45, 2.75) is 6.42 Å². The molecule has 0 bridgehead atoms. The van der Waals surface area contributed by atoms with Crippen LogP contribution in [0.3, 0.4) is 0 Å². The summed E-state index contributed by atoms with van der Waals surface area (Å²) in [5.74, 6) is -0.0624. The van der Waals surface area contributed by atoms with Crippen LogP contribution in [0.5, 0.6) is 0 Å². The summed E-state index contributed by atoms with van der Waals surface area (Å²) in [4.78, 5) is 22.2. The van der Waals surface area contributed by atoms with Crippen molar-refractivity contribution >= 4 is 16.8 Å². The molecule has 19 heavy (non-hydrogen) atoms. The highest BCUT2D eigenvalue weighted by atomic mass is 16.1. The summed E-state index contributed by atoms with van der Waals surface area (Å²) in [5, 5.41) is 3.96. The Balaban J connectivity index is 1.68. The van der Waals surface area contributed by atoms with Gasteiger partial charge in [0.25, 0.3) is 5.91 Å². The second kappa shape index (κ2) is 4.97. The third kappa shape index (κ3) is 2.35. The highest BCUT2D eigenvalue weighted by molar-refractivity contribution is 6.05. The first kappa shape index (κ1) is 11.5. The van der Waals surface area contributed by atoms with Gasteiger partial charge in [-0.1, -0.05) is 12.1 Å². The van der Waals surface area contributed by atoms with Crippen LogP contribution in [0.4, 0.5) is 0 Å². The number of carbonyl (C=O) groups excluding carboxylic acids is 1. The van der Waals surface area contributed by atoms with Crippen LogP contribution in [0.2, 0.25) is 0 Å². The molecule has 3 rings (SSSR count). The third-order valence-electron chi connectivity index (χ3n) is 3.07. The van der Waals surface area contributed by atoms with Gasteiger partial charge >= 0.3 is 0 Å². The highest BCUT2D eigenvalue weighted by Gasteiger charge is 2.09. The van der Waals surface area contributed by atoms with E-state index >= 15 is 0 Å². The van der Waals surface area contributed by atoms with Gasteiger partial charge < -0.3 is 15.3 Å². The SMILES string of the molecule is O=C(NCCc1cnc[nH]1)c1cccc2cc[nH]c12. The molecule has 2 heterocycles. The summed E-state index contributed by atoms with van der Waals surface area (Å²) in [5.41, 5.74) is 2.56. The maximum absolute atomic E-state index is 12.1. The van der Waals surface area contributed by atoms with Gasteiger partial charge in [0.05, 0.1) is 17.4 Å². The van der Waals surface area contributed by atoms with E-state index in [1.807, 2.05) is 30.5 Å². The van der Waals surface area contributed by atoms with Crippen LogP contribution < -0.4 is 5.32 Å². The van der Waals surface area contributed by atoms with Crippen LogP contribution in [-0.4, -0.2) is 27.4 Å².